The fourth-order valence-corrected chi connectivity index (χ4v) is 3.35. The Bertz CT molecular complexity index is 825. The van der Waals surface area contributed by atoms with Crippen LogP contribution in [0.4, 0.5) is 5.69 Å². The molecule has 0 atom stereocenters. The number of sulfonamides is 1. The Kier molecular flexibility index (Phi) is 4.99. The number of rotatable bonds is 4. The number of hydrogen-bond donors (Lipinski definition) is 1. The maximum Gasteiger partial charge on any atom is 0.264 e. The van der Waals surface area contributed by atoms with Crippen LogP contribution in [-0.4, -0.2) is 26.9 Å². The Hall–Kier alpha value is -2.34. The van der Waals surface area contributed by atoms with Gasteiger partial charge >= 0.3 is 0 Å². The van der Waals surface area contributed by atoms with E-state index < -0.39 is 10.0 Å². The van der Waals surface area contributed by atoms with Crippen molar-refractivity contribution in [3.8, 4) is 0 Å². The van der Waals surface area contributed by atoms with Crippen molar-refractivity contribution in [1.82, 2.24) is 5.32 Å². The highest BCUT2D eigenvalue weighted by Gasteiger charge is 2.22. The van der Waals surface area contributed by atoms with Crippen molar-refractivity contribution < 1.29 is 13.2 Å². The van der Waals surface area contributed by atoms with Gasteiger partial charge in [0.25, 0.3) is 15.9 Å². The molecule has 0 aromatic heterocycles. The smallest absolute Gasteiger partial charge is 0.264 e. The van der Waals surface area contributed by atoms with E-state index in [0.29, 0.717) is 11.3 Å². The first-order valence-electron chi connectivity index (χ1n) is 7.58. The van der Waals surface area contributed by atoms with E-state index in [-0.39, 0.29) is 16.3 Å². The van der Waals surface area contributed by atoms with E-state index >= 15 is 0 Å². The van der Waals surface area contributed by atoms with Gasteiger partial charge in [0.1, 0.15) is 0 Å². The highest BCUT2D eigenvalue weighted by molar-refractivity contribution is 7.92. The minimum Gasteiger partial charge on any atom is -0.347 e. The van der Waals surface area contributed by atoms with Gasteiger partial charge in [-0.05, 0) is 51.1 Å². The van der Waals surface area contributed by atoms with E-state index in [9.17, 15) is 13.2 Å². The number of carbonyl (C=O) groups excluding carboxylic acids is 1. The Morgan fingerprint density at radius 2 is 1.62 bits per heavy atom. The predicted molar refractivity (Wildman–Crippen MR) is 95.7 cm³/mol. The maximum absolute atomic E-state index is 12.7. The zero-order chi connectivity index (χ0) is 18.0. The summed E-state index contributed by atoms with van der Waals surface area (Å²) in [6.45, 7) is 5.67. The van der Waals surface area contributed by atoms with E-state index in [0.717, 1.165) is 0 Å². The summed E-state index contributed by atoms with van der Waals surface area (Å²) in [5, 5.41) is 2.87. The van der Waals surface area contributed by atoms with Gasteiger partial charge in [0, 0.05) is 18.2 Å². The van der Waals surface area contributed by atoms with Crippen molar-refractivity contribution in [3.63, 3.8) is 0 Å². The third-order valence-corrected chi connectivity index (χ3v) is 5.16. The van der Waals surface area contributed by atoms with Crippen LogP contribution in [0.15, 0.2) is 59.5 Å². The lowest BCUT2D eigenvalue weighted by molar-refractivity contribution is 0.0919. The van der Waals surface area contributed by atoms with Gasteiger partial charge in [0.05, 0.1) is 10.6 Å². The molecule has 2 aromatic rings. The van der Waals surface area contributed by atoms with Crippen molar-refractivity contribution in [1.29, 1.82) is 0 Å². The molecule has 0 aliphatic heterocycles. The molecular formula is C18H22N2O3S. The molecule has 0 spiro atoms. The van der Waals surface area contributed by atoms with Gasteiger partial charge in [-0.2, -0.15) is 0 Å². The molecule has 0 saturated carbocycles. The topological polar surface area (TPSA) is 66.5 Å². The summed E-state index contributed by atoms with van der Waals surface area (Å²) in [5.74, 6) is -0.241. The van der Waals surface area contributed by atoms with Crippen LogP contribution >= 0.6 is 0 Å². The number of carbonyl (C=O) groups is 1. The number of anilines is 1. The van der Waals surface area contributed by atoms with Crippen molar-refractivity contribution in [2.24, 2.45) is 0 Å². The summed E-state index contributed by atoms with van der Waals surface area (Å²) in [6, 6.07) is 14.8. The molecular weight excluding hydrogens is 324 g/mol. The van der Waals surface area contributed by atoms with Crippen LogP contribution in [0.2, 0.25) is 0 Å². The third-order valence-electron chi connectivity index (χ3n) is 3.36. The monoisotopic (exact) mass is 346 g/mol. The molecule has 128 valence electrons. The molecule has 6 heteroatoms. The van der Waals surface area contributed by atoms with Gasteiger partial charge in [-0.3, -0.25) is 9.10 Å². The minimum absolute atomic E-state index is 0.206. The molecule has 1 N–H and O–H groups in total. The summed E-state index contributed by atoms with van der Waals surface area (Å²) in [7, 11) is -2.19. The number of hydrogen-bond acceptors (Lipinski definition) is 3. The Balaban J connectivity index is 2.33. The maximum atomic E-state index is 12.7. The van der Waals surface area contributed by atoms with Crippen LogP contribution in [0, 0.1) is 0 Å². The Morgan fingerprint density at radius 1 is 1.00 bits per heavy atom. The van der Waals surface area contributed by atoms with Crippen LogP contribution in [0.25, 0.3) is 0 Å². The molecule has 2 rings (SSSR count). The lowest BCUT2D eigenvalue weighted by atomic mass is 10.1. The second kappa shape index (κ2) is 6.65. The number of nitrogens with zero attached hydrogens (tertiary/aromatic N) is 1. The predicted octanol–water partition coefficient (Wildman–Crippen LogP) is 3.04. The van der Waals surface area contributed by atoms with E-state index in [1.54, 1.807) is 54.6 Å². The molecule has 1 amide bonds. The molecule has 2 aromatic carbocycles. The normalized spacial score (nSPS) is 11.8. The quantitative estimate of drug-likeness (QED) is 0.925. The number of amides is 1. The third kappa shape index (κ3) is 4.14. The molecule has 0 aliphatic rings. The summed E-state index contributed by atoms with van der Waals surface area (Å²) in [6.07, 6.45) is 0. The first-order valence-corrected chi connectivity index (χ1v) is 9.02. The first kappa shape index (κ1) is 18.0. The van der Waals surface area contributed by atoms with Gasteiger partial charge in [-0.25, -0.2) is 8.42 Å². The van der Waals surface area contributed by atoms with Gasteiger partial charge in [-0.1, -0.05) is 24.3 Å². The standard InChI is InChI=1S/C18H22N2O3S/c1-18(2,3)19-17(21)14-9-8-10-15(13-14)20(4)24(22,23)16-11-6-5-7-12-16/h5-13H,1-4H3,(H,19,21). The SMILES string of the molecule is CN(c1cccc(C(=O)NC(C)(C)C)c1)S(=O)(=O)c1ccccc1. The van der Waals surface area contributed by atoms with E-state index in [4.69, 9.17) is 0 Å². The van der Waals surface area contributed by atoms with Gasteiger partial charge in [0.2, 0.25) is 0 Å². The van der Waals surface area contributed by atoms with Gasteiger partial charge in [-0.15, -0.1) is 0 Å². The van der Waals surface area contributed by atoms with Crippen molar-refractivity contribution in [3.05, 3.63) is 60.2 Å². The fourth-order valence-electron chi connectivity index (χ4n) is 2.15. The highest BCUT2D eigenvalue weighted by Crippen LogP contribution is 2.23. The molecule has 0 unspecified atom stereocenters. The molecule has 0 bridgehead atoms. The van der Waals surface area contributed by atoms with Gasteiger partial charge in [0.15, 0.2) is 0 Å². The second-order valence-corrected chi connectivity index (χ2v) is 8.51. The zero-order valence-corrected chi connectivity index (χ0v) is 15.1. The van der Waals surface area contributed by atoms with E-state index in [2.05, 4.69) is 5.32 Å². The molecule has 5 nitrogen and oxygen atoms in total. The molecule has 0 heterocycles. The van der Waals surface area contributed by atoms with Crippen LogP contribution < -0.4 is 9.62 Å². The summed E-state index contributed by atoms with van der Waals surface area (Å²) < 4.78 is 26.5. The first-order chi connectivity index (χ1) is 11.1. The van der Waals surface area contributed by atoms with Crippen LogP contribution in [0.3, 0.4) is 0 Å². The molecule has 0 radical (unpaired) electrons. The molecule has 24 heavy (non-hydrogen) atoms. The minimum atomic E-state index is -3.67. The summed E-state index contributed by atoms with van der Waals surface area (Å²) in [5.41, 5.74) is 0.479. The van der Waals surface area contributed by atoms with E-state index in [1.165, 1.54) is 11.4 Å². The van der Waals surface area contributed by atoms with Crippen molar-refractivity contribution >= 4 is 21.6 Å². The van der Waals surface area contributed by atoms with Crippen molar-refractivity contribution in [2.75, 3.05) is 11.4 Å². The number of benzene rings is 2. The second-order valence-electron chi connectivity index (χ2n) is 6.54. The van der Waals surface area contributed by atoms with E-state index in [1.807, 2.05) is 20.8 Å². The summed E-state index contributed by atoms with van der Waals surface area (Å²) in [4.78, 5) is 12.5. The van der Waals surface area contributed by atoms with Crippen molar-refractivity contribution in [2.45, 2.75) is 31.2 Å². The zero-order valence-electron chi connectivity index (χ0n) is 14.3. The van der Waals surface area contributed by atoms with Crippen LogP contribution in [-0.2, 0) is 10.0 Å². The summed E-state index contributed by atoms with van der Waals surface area (Å²) >= 11 is 0. The average Bonchev–Trinajstić information content (AvgIpc) is 2.53. The fraction of sp³-hybridized carbons (Fsp3) is 0.278. The van der Waals surface area contributed by atoms with Crippen LogP contribution in [0.5, 0.6) is 0 Å². The molecule has 0 saturated heterocycles. The van der Waals surface area contributed by atoms with Gasteiger partial charge < -0.3 is 5.32 Å². The lowest BCUT2D eigenvalue weighted by Gasteiger charge is -2.22. The highest BCUT2D eigenvalue weighted by atomic mass is 32.2. The molecule has 0 aliphatic carbocycles. The van der Waals surface area contributed by atoms with Crippen LogP contribution in [0.1, 0.15) is 31.1 Å². The lowest BCUT2D eigenvalue weighted by Crippen LogP contribution is -2.40. The number of nitrogens with one attached hydrogen (secondary N) is 1. The average molecular weight is 346 g/mol. The largest absolute Gasteiger partial charge is 0.347 e. The Labute approximate surface area is 143 Å². The molecule has 0 fully saturated rings. The Morgan fingerprint density at radius 3 is 2.21 bits per heavy atom.